The van der Waals surface area contributed by atoms with Crippen molar-refractivity contribution in [1.29, 1.82) is 0 Å². The predicted molar refractivity (Wildman–Crippen MR) is 124 cm³/mol. The van der Waals surface area contributed by atoms with Crippen LogP contribution in [-0.4, -0.2) is 39.4 Å². The Balaban J connectivity index is 1.27. The van der Waals surface area contributed by atoms with Gasteiger partial charge in [0.1, 0.15) is 11.4 Å². The number of carbonyl (C=O) groups excluding carboxylic acids is 2. The molecule has 1 N–H and O–H groups in total. The van der Waals surface area contributed by atoms with Gasteiger partial charge in [-0.05, 0) is 23.6 Å². The average molecular weight is 443 g/mol. The van der Waals surface area contributed by atoms with E-state index in [1.54, 1.807) is 6.20 Å². The molecule has 3 heterocycles. The molecule has 7 nitrogen and oxygen atoms in total. The van der Waals surface area contributed by atoms with E-state index in [9.17, 15) is 14.4 Å². The molecule has 168 valence electrons. The number of benzene rings is 2. The zero-order valence-corrected chi connectivity index (χ0v) is 18.5. The fourth-order valence-corrected chi connectivity index (χ4v) is 4.87. The summed E-state index contributed by atoms with van der Waals surface area (Å²) in [6.07, 6.45) is 2.01. The zero-order chi connectivity index (χ0) is 22.9. The molecule has 7 heteroatoms. The molecular weight excluding hydrogens is 416 g/mol. The van der Waals surface area contributed by atoms with Gasteiger partial charge in [-0.3, -0.25) is 14.4 Å². The number of aromatic nitrogens is 2. The van der Waals surface area contributed by atoms with Crippen LogP contribution >= 0.6 is 0 Å². The summed E-state index contributed by atoms with van der Waals surface area (Å²) in [5, 5.41) is 2.80. The molecule has 0 radical (unpaired) electrons. The van der Waals surface area contributed by atoms with Gasteiger partial charge in [-0.15, -0.1) is 0 Å². The molecule has 3 aromatic rings. The Bertz CT molecular complexity index is 1270. The number of hydrogen-bond donors (Lipinski definition) is 1. The van der Waals surface area contributed by atoms with Crippen LogP contribution in [0.2, 0.25) is 0 Å². The van der Waals surface area contributed by atoms with Crippen LogP contribution in [0.15, 0.2) is 65.6 Å². The molecule has 5 rings (SSSR count). The third-order valence-corrected chi connectivity index (χ3v) is 6.73. The lowest BCUT2D eigenvalue weighted by molar-refractivity contribution is -0.129. The second-order valence-corrected chi connectivity index (χ2v) is 8.91. The smallest absolute Gasteiger partial charge is 0.285 e. The molecule has 33 heavy (non-hydrogen) atoms. The van der Waals surface area contributed by atoms with E-state index in [1.807, 2.05) is 71.0 Å². The highest BCUT2D eigenvalue weighted by molar-refractivity contribution is 5.93. The molecule has 2 aromatic carbocycles. The number of hydrogen-bond acceptors (Lipinski definition) is 4. The molecule has 2 atom stereocenters. The Kier molecular flexibility index (Phi) is 5.54. The van der Waals surface area contributed by atoms with E-state index in [2.05, 4.69) is 10.3 Å². The van der Waals surface area contributed by atoms with Gasteiger partial charge in [0.05, 0.1) is 6.42 Å². The van der Waals surface area contributed by atoms with Crippen molar-refractivity contribution in [3.8, 4) is 0 Å². The van der Waals surface area contributed by atoms with Gasteiger partial charge in [-0.25, -0.2) is 0 Å². The van der Waals surface area contributed by atoms with Crippen LogP contribution in [0.4, 0.5) is 0 Å². The van der Waals surface area contributed by atoms with E-state index in [0.29, 0.717) is 38.4 Å². The topological polar surface area (TPSA) is 84.3 Å². The van der Waals surface area contributed by atoms with Crippen LogP contribution in [0.3, 0.4) is 0 Å². The number of aryl methyl sites for hydroxylation is 1. The maximum atomic E-state index is 12.9. The molecule has 2 aliphatic heterocycles. The third-order valence-electron chi connectivity index (χ3n) is 6.73. The van der Waals surface area contributed by atoms with Gasteiger partial charge in [0, 0.05) is 44.2 Å². The lowest BCUT2D eigenvalue weighted by Gasteiger charge is -2.19. The molecular formula is C26H26N4O3. The Morgan fingerprint density at radius 3 is 2.58 bits per heavy atom. The molecule has 2 amide bonds. The number of amides is 2. The Morgan fingerprint density at radius 2 is 1.79 bits per heavy atom. The molecule has 1 saturated heterocycles. The number of rotatable bonds is 5. The number of nitrogens with zero attached hydrogens (tertiary/aromatic N) is 3. The highest BCUT2D eigenvalue weighted by Gasteiger charge is 2.43. The summed E-state index contributed by atoms with van der Waals surface area (Å²) >= 11 is 0. The average Bonchev–Trinajstić information content (AvgIpc) is 3.37. The normalized spacial score (nSPS) is 18.6. The zero-order valence-electron chi connectivity index (χ0n) is 18.5. The molecule has 0 spiro atoms. The van der Waals surface area contributed by atoms with Crippen molar-refractivity contribution in [3.63, 3.8) is 0 Å². The first-order valence-corrected chi connectivity index (χ1v) is 11.3. The van der Waals surface area contributed by atoms with Crippen molar-refractivity contribution in [1.82, 2.24) is 19.8 Å². The first kappa shape index (κ1) is 21.1. The van der Waals surface area contributed by atoms with Crippen molar-refractivity contribution in [3.05, 3.63) is 99.2 Å². The molecule has 1 aromatic heterocycles. The monoisotopic (exact) mass is 442 g/mol. The first-order valence-electron chi connectivity index (χ1n) is 11.3. The minimum Gasteiger partial charge on any atom is -0.348 e. The van der Waals surface area contributed by atoms with Crippen LogP contribution in [0, 0.1) is 12.8 Å². The summed E-state index contributed by atoms with van der Waals surface area (Å²) < 4.78 is 1.91. The second-order valence-electron chi connectivity index (χ2n) is 8.91. The van der Waals surface area contributed by atoms with E-state index in [-0.39, 0.29) is 23.3 Å². The third kappa shape index (κ3) is 4.18. The largest absolute Gasteiger partial charge is 0.348 e. The first-order chi connectivity index (χ1) is 16.0. The molecule has 1 fully saturated rings. The summed E-state index contributed by atoms with van der Waals surface area (Å²) in [7, 11) is 0. The van der Waals surface area contributed by atoms with Crippen molar-refractivity contribution < 1.29 is 9.59 Å². The van der Waals surface area contributed by atoms with Crippen LogP contribution in [0.5, 0.6) is 0 Å². The van der Waals surface area contributed by atoms with Crippen LogP contribution < -0.4 is 10.9 Å². The van der Waals surface area contributed by atoms with Gasteiger partial charge in [-0.2, -0.15) is 4.98 Å². The summed E-state index contributed by atoms with van der Waals surface area (Å²) in [5.74, 6) is 0.597. The highest BCUT2D eigenvalue weighted by atomic mass is 16.2. The Labute approximate surface area is 192 Å². The fourth-order valence-electron chi connectivity index (χ4n) is 4.87. The lowest BCUT2D eigenvalue weighted by atomic mass is 9.99. The number of nitrogens with one attached hydrogen (secondary N) is 1. The van der Waals surface area contributed by atoms with Crippen molar-refractivity contribution in [2.45, 2.75) is 32.4 Å². The molecule has 0 saturated carbocycles. The fraction of sp³-hybridized carbons (Fsp3) is 0.308. The van der Waals surface area contributed by atoms with Gasteiger partial charge in [-0.1, -0.05) is 54.6 Å². The molecule has 2 aliphatic rings. The molecule has 0 unspecified atom stereocenters. The quantitative estimate of drug-likeness (QED) is 0.657. The standard InChI is InChI=1S/C26H26N4O3/c1-17-7-5-6-10-19(17)11-23(31)29-13-20-14-30-16-22(26(33)28-24(30)21(20)15-29)25(32)27-12-18-8-3-2-4-9-18/h2-10,16,20-21H,11-15H2,1H3,(H,27,32)/t20-,21-/m1/s1. The van der Waals surface area contributed by atoms with Crippen molar-refractivity contribution >= 4 is 11.8 Å². The highest BCUT2D eigenvalue weighted by Crippen LogP contribution is 2.38. The maximum Gasteiger partial charge on any atom is 0.285 e. The second kappa shape index (κ2) is 8.65. The molecule has 0 aliphatic carbocycles. The van der Waals surface area contributed by atoms with E-state index in [4.69, 9.17) is 0 Å². The van der Waals surface area contributed by atoms with Crippen LogP contribution in [-0.2, 0) is 24.3 Å². The van der Waals surface area contributed by atoms with Gasteiger partial charge in [0.2, 0.25) is 5.91 Å². The van der Waals surface area contributed by atoms with E-state index in [1.165, 1.54) is 0 Å². The van der Waals surface area contributed by atoms with E-state index < -0.39 is 11.5 Å². The van der Waals surface area contributed by atoms with E-state index >= 15 is 0 Å². The van der Waals surface area contributed by atoms with Gasteiger partial charge in [0.25, 0.3) is 11.5 Å². The SMILES string of the molecule is Cc1ccccc1CC(=O)N1C[C@@H]2Cn3cc(C(=O)NCc4ccccc4)c(=O)nc3[C@@H]2C1. The Hall–Kier alpha value is -3.74. The lowest BCUT2D eigenvalue weighted by Crippen LogP contribution is -2.33. The number of likely N-dealkylation sites (tertiary alicyclic amines) is 1. The van der Waals surface area contributed by atoms with Gasteiger partial charge in [0.15, 0.2) is 0 Å². The van der Waals surface area contributed by atoms with Crippen LogP contribution in [0.25, 0.3) is 0 Å². The van der Waals surface area contributed by atoms with E-state index in [0.717, 1.165) is 16.7 Å². The van der Waals surface area contributed by atoms with Crippen molar-refractivity contribution in [2.24, 2.45) is 5.92 Å². The summed E-state index contributed by atoms with van der Waals surface area (Å²) in [5.41, 5.74) is 2.66. The van der Waals surface area contributed by atoms with Gasteiger partial charge >= 0.3 is 0 Å². The summed E-state index contributed by atoms with van der Waals surface area (Å²) in [6.45, 7) is 4.22. The number of carbonyl (C=O) groups is 2. The predicted octanol–water partition coefficient (Wildman–Crippen LogP) is 2.28. The summed E-state index contributed by atoms with van der Waals surface area (Å²) in [6, 6.07) is 17.5. The van der Waals surface area contributed by atoms with Crippen LogP contribution in [0.1, 0.15) is 38.8 Å². The Morgan fingerprint density at radius 1 is 1.03 bits per heavy atom. The minimum atomic E-state index is -0.517. The van der Waals surface area contributed by atoms with Crippen molar-refractivity contribution in [2.75, 3.05) is 13.1 Å². The minimum absolute atomic E-state index is 0.0277. The molecule has 0 bridgehead atoms. The maximum absolute atomic E-state index is 12.9. The van der Waals surface area contributed by atoms with Gasteiger partial charge < -0.3 is 14.8 Å². The summed E-state index contributed by atoms with van der Waals surface area (Å²) in [4.78, 5) is 44.3. The number of fused-ring (bicyclic) bond motifs is 3.